The first-order valence-electron chi connectivity index (χ1n) is 30.1. The Kier molecular flexibility index (Phi) is 11.7. The zero-order valence-electron chi connectivity index (χ0n) is 49.9. The molecule has 0 aliphatic heterocycles. The third kappa shape index (κ3) is 7.94. The van der Waals surface area contributed by atoms with E-state index < -0.39 is 0 Å². The number of benzene rings is 11. The number of nitrogens with zero attached hydrogens (tertiary/aromatic N) is 4. The molecule has 0 amide bonds. The molecule has 4 nitrogen and oxygen atoms in total. The highest BCUT2D eigenvalue weighted by atomic mass is 15.2. The van der Waals surface area contributed by atoms with Crippen LogP contribution in [-0.2, 0) is 10.8 Å². The summed E-state index contributed by atoms with van der Waals surface area (Å²) < 4.78 is 5.15. The molecule has 0 saturated heterocycles. The largest absolute Gasteiger partial charge is 0.309 e. The number of anilines is 6. The molecule has 0 aliphatic rings. The van der Waals surface area contributed by atoms with Crippen molar-refractivity contribution in [3.05, 3.63) is 253 Å². The summed E-state index contributed by atoms with van der Waals surface area (Å²) in [6.45, 7) is 22.9. The van der Waals surface area contributed by atoms with E-state index in [9.17, 15) is 0 Å². The van der Waals surface area contributed by atoms with Crippen LogP contribution in [0.1, 0.15) is 103 Å². The quantitative estimate of drug-likeness (QED) is 0.136. The van der Waals surface area contributed by atoms with E-state index in [1.54, 1.807) is 0 Å². The van der Waals surface area contributed by atoms with Crippen LogP contribution < -0.4 is 9.80 Å². The van der Waals surface area contributed by atoms with Gasteiger partial charge in [-0.1, -0.05) is 227 Å². The van der Waals surface area contributed by atoms with Crippen molar-refractivity contribution in [3.63, 3.8) is 0 Å². The number of hydrogen-bond donors (Lipinski definition) is 0. The fourth-order valence-electron chi connectivity index (χ4n) is 13.8. The zero-order valence-corrected chi connectivity index (χ0v) is 49.9. The fourth-order valence-corrected chi connectivity index (χ4v) is 13.8. The Morgan fingerprint density at radius 2 is 0.690 bits per heavy atom. The Hall–Kier alpha value is -9.38. The van der Waals surface area contributed by atoms with Crippen molar-refractivity contribution < 1.29 is 0 Å². The molecule has 4 aromatic heterocycles. The lowest BCUT2D eigenvalue weighted by atomic mass is 9.86. The van der Waals surface area contributed by atoms with Gasteiger partial charge in [-0.15, -0.1) is 0 Å². The predicted molar refractivity (Wildman–Crippen MR) is 362 cm³/mol. The standard InChI is InChI=1S/C80H70N4/c1-49(2)53-21-19-23-57(45-53)81(67-29-15-11-25-59(67)51-33-37-55(38-34-51)79(5,6)7)71-43-41-61-65-47-74-66(48-73(65)83-69-31-17-13-27-63(69)75(71)77(61)83)62-42-44-72(76-64-28-14-18-32-70(64)84(74)78(62)76)82(58-24-20-22-54(46-58)50(3)4)68-30-16-12-26-60(68)52-35-39-56(40-36-52)80(8,9)10/h11-50H,1-10H3. The van der Waals surface area contributed by atoms with Crippen LogP contribution in [0, 0.1) is 0 Å². The van der Waals surface area contributed by atoms with Gasteiger partial charge in [0.25, 0.3) is 0 Å². The summed E-state index contributed by atoms with van der Waals surface area (Å²) in [6.07, 6.45) is 0. The van der Waals surface area contributed by atoms with Gasteiger partial charge in [-0.2, -0.15) is 0 Å². The third-order valence-electron chi connectivity index (χ3n) is 18.2. The van der Waals surface area contributed by atoms with Gasteiger partial charge in [0.05, 0.1) is 55.8 Å². The summed E-state index contributed by atoms with van der Waals surface area (Å²) >= 11 is 0. The molecule has 15 aromatic rings. The van der Waals surface area contributed by atoms with Crippen molar-refractivity contribution in [1.29, 1.82) is 0 Å². The van der Waals surface area contributed by atoms with E-state index >= 15 is 0 Å². The average Bonchev–Trinajstić information content (AvgIpc) is 1.57. The van der Waals surface area contributed by atoms with Crippen molar-refractivity contribution >= 4 is 110 Å². The summed E-state index contributed by atoms with van der Waals surface area (Å²) in [5.74, 6) is 0.731. The molecule has 0 aliphatic carbocycles. The van der Waals surface area contributed by atoms with E-state index in [0.717, 1.165) is 34.1 Å². The SMILES string of the molecule is CC(C)c1cccc(N(c2ccccc2-c2ccc(C(C)(C)C)cc2)c2ccc3c4cc5c(cc4n4c6ccccc6c2c34)c2ccc(N(c3cccc(C(C)C)c3)c3ccccc3-c3ccc(C(C)(C)C)cc3)c3c4ccccc4n5c23)c1. The van der Waals surface area contributed by atoms with Crippen LogP contribution in [0.4, 0.5) is 34.1 Å². The highest BCUT2D eigenvalue weighted by Gasteiger charge is 2.30. The molecule has 0 bridgehead atoms. The smallest absolute Gasteiger partial charge is 0.0641 e. The molecule has 410 valence electrons. The molecule has 4 heteroatoms. The van der Waals surface area contributed by atoms with Gasteiger partial charge in [0.15, 0.2) is 0 Å². The maximum Gasteiger partial charge on any atom is 0.0641 e. The first kappa shape index (κ1) is 51.5. The van der Waals surface area contributed by atoms with E-state index in [4.69, 9.17) is 0 Å². The Morgan fingerprint density at radius 1 is 0.310 bits per heavy atom. The number of para-hydroxylation sites is 4. The molecule has 0 spiro atoms. The minimum Gasteiger partial charge on any atom is -0.309 e. The number of fused-ring (bicyclic) bond motifs is 12. The van der Waals surface area contributed by atoms with Gasteiger partial charge in [-0.3, -0.25) is 0 Å². The highest BCUT2D eigenvalue weighted by Crippen LogP contribution is 2.53. The molecule has 0 unspecified atom stereocenters. The zero-order chi connectivity index (χ0) is 57.5. The number of aromatic nitrogens is 2. The van der Waals surface area contributed by atoms with E-state index in [-0.39, 0.29) is 10.8 Å². The maximum absolute atomic E-state index is 2.57. The topological polar surface area (TPSA) is 15.3 Å². The van der Waals surface area contributed by atoms with E-state index in [2.05, 4.69) is 318 Å². The lowest BCUT2D eigenvalue weighted by Gasteiger charge is -2.29. The van der Waals surface area contributed by atoms with E-state index in [1.165, 1.54) is 121 Å². The first-order valence-corrected chi connectivity index (χ1v) is 30.1. The maximum atomic E-state index is 2.57. The second-order valence-electron chi connectivity index (χ2n) is 26.2. The Balaban J connectivity index is 0.981. The summed E-state index contributed by atoms with van der Waals surface area (Å²) in [5, 5.41) is 9.96. The molecule has 84 heavy (non-hydrogen) atoms. The van der Waals surface area contributed by atoms with Crippen molar-refractivity contribution in [2.75, 3.05) is 9.80 Å². The average molecular weight is 1090 g/mol. The molecular formula is C80H70N4. The van der Waals surface area contributed by atoms with Crippen LogP contribution in [0.15, 0.2) is 231 Å². The van der Waals surface area contributed by atoms with Gasteiger partial charge < -0.3 is 18.6 Å². The summed E-state index contributed by atoms with van der Waals surface area (Å²) in [5.41, 5.74) is 24.4. The monoisotopic (exact) mass is 1090 g/mol. The second-order valence-corrected chi connectivity index (χ2v) is 26.2. The van der Waals surface area contributed by atoms with Crippen molar-refractivity contribution in [2.45, 2.75) is 91.9 Å². The molecule has 0 fully saturated rings. The summed E-state index contributed by atoms with van der Waals surface area (Å²) in [7, 11) is 0. The lowest BCUT2D eigenvalue weighted by molar-refractivity contribution is 0.590. The summed E-state index contributed by atoms with van der Waals surface area (Å²) in [4.78, 5) is 5.08. The van der Waals surface area contributed by atoms with Gasteiger partial charge in [-0.05, 0) is 129 Å². The number of hydrogen-bond acceptors (Lipinski definition) is 2. The van der Waals surface area contributed by atoms with E-state index in [1.807, 2.05) is 0 Å². The van der Waals surface area contributed by atoms with Crippen LogP contribution >= 0.6 is 0 Å². The van der Waals surface area contributed by atoms with Crippen LogP contribution in [0.2, 0.25) is 0 Å². The molecule has 0 radical (unpaired) electrons. The molecule has 0 atom stereocenters. The van der Waals surface area contributed by atoms with Crippen LogP contribution in [-0.4, -0.2) is 8.80 Å². The second kappa shape index (κ2) is 19.1. The van der Waals surface area contributed by atoms with E-state index in [0.29, 0.717) is 11.8 Å². The molecule has 0 saturated carbocycles. The highest BCUT2D eigenvalue weighted by molar-refractivity contribution is 6.32. The summed E-state index contributed by atoms with van der Waals surface area (Å²) in [6, 6.07) is 87.6. The fraction of sp³-hybridized carbons (Fsp3) is 0.175. The minimum absolute atomic E-state index is 0.0537. The first-order chi connectivity index (χ1) is 40.6. The van der Waals surface area contributed by atoms with Crippen molar-refractivity contribution in [2.24, 2.45) is 0 Å². The van der Waals surface area contributed by atoms with Gasteiger partial charge >= 0.3 is 0 Å². The Labute approximate surface area is 493 Å². The molecule has 11 aromatic carbocycles. The Morgan fingerprint density at radius 3 is 1.08 bits per heavy atom. The Bertz CT molecular complexity index is 4710. The third-order valence-corrected chi connectivity index (χ3v) is 18.2. The van der Waals surface area contributed by atoms with Crippen molar-refractivity contribution in [1.82, 2.24) is 8.80 Å². The lowest BCUT2D eigenvalue weighted by Crippen LogP contribution is -2.12. The van der Waals surface area contributed by atoms with Crippen LogP contribution in [0.25, 0.3) is 98.4 Å². The predicted octanol–water partition coefficient (Wildman–Crippen LogP) is 23.1. The van der Waals surface area contributed by atoms with Gasteiger partial charge in [0, 0.05) is 65.6 Å². The molecular weight excluding hydrogens is 1020 g/mol. The van der Waals surface area contributed by atoms with Crippen molar-refractivity contribution in [3.8, 4) is 22.3 Å². The van der Waals surface area contributed by atoms with Crippen LogP contribution in [0.3, 0.4) is 0 Å². The normalized spacial score (nSPS) is 12.6. The minimum atomic E-state index is 0.0537. The molecule has 15 rings (SSSR count). The van der Waals surface area contributed by atoms with Crippen LogP contribution in [0.5, 0.6) is 0 Å². The van der Waals surface area contributed by atoms with Gasteiger partial charge in [-0.25, -0.2) is 0 Å². The number of rotatable bonds is 10. The molecule has 4 heterocycles. The van der Waals surface area contributed by atoms with Gasteiger partial charge in [0.2, 0.25) is 0 Å². The molecule has 0 N–H and O–H groups in total. The van der Waals surface area contributed by atoms with Gasteiger partial charge in [0.1, 0.15) is 0 Å².